The molecule has 3 rings (SSSR count). The smallest absolute Gasteiger partial charge is 0.377 e. The van der Waals surface area contributed by atoms with Gasteiger partial charge in [0.2, 0.25) is 5.76 Å². The molecule has 0 amide bonds. The van der Waals surface area contributed by atoms with E-state index >= 15 is 0 Å². The van der Waals surface area contributed by atoms with E-state index in [1.807, 2.05) is 6.07 Å². The quantitative estimate of drug-likeness (QED) is 0.641. The van der Waals surface area contributed by atoms with Crippen LogP contribution in [0.25, 0.3) is 0 Å². The first-order chi connectivity index (χ1) is 11.2. The van der Waals surface area contributed by atoms with Crippen molar-refractivity contribution in [1.29, 1.82) is 0 Å². The monoisotopic (exact) mass is 310 g/mol. The first-order valence-electron chi connectivity index (χ1n) is 7.14. The molecule has 116 valence electrons. The summed E-state index contributed by atoms with van der Waals surface area (Å²) in [7, 11) is 0. The average Bonchev–Trinajstić information content (AvgIpc) is 2.61. The molecule has 0 saturated carbocycles. The van der Waals surface area contributed by atoms with Gasteiger partial charge in [-0.25, -0.2) is 4.79 Å². The van der Waals surface area contributed by atoms with E-state index in [9.17, 15) is 9.59 Å². The van der Waals surface area contributed by atoms with Crippen molar-refractivity contribution >= 4 is 11.8 Å². The van der Waals surface area contributed by atoms with Crippen molar-refractivity contribution in [2.45, 2.75) is 6.92 Å². The van der Waals surface area contributed by atoms with Crippen LogP contribution in [0.15, 0.2) is 60.6 Å². The molecule has 0 fully saturated rings. The largest absolute Gasteiger partial charge is 0.460 e. The minimum atomic E-state index is -0.595. The van der Waals surface area contributed by atoms with Gasteiger partial charge >= 0.3 is 5.97 Å². The van der Waals surface area contributed by atoms with Gasteiger partial charge in [-0.3, -0.25) is 4.79 Å². The molecule has 0 N–H and O–H groups in total. The number of rotatable bonds is 4. The number of ketones is 1. The van der Waals surface area contributed by atoms with Crippen molar-refractivity contribution < 1.29 is 23.8 Å². The summed E-state index contributed by atoms with van der Waals surface area (Å²) < 4.78 is 15.7. The highest BCUT2D eigenvalue weighted by Gasteiger charge is 2.22. The van der Waals surface area contributed by atoms with E-state index in [1.165, 1.54) is 6.26 Å². The lowest BCUT2D eigenvalue weighted by atomic mass is 10.0. The van der Waals surface area contributed by atoms with Crippen LogP contribution in [0.5, 0.6) is 11.5 Å². The highest BCUT2D eigenvalue weighted by atomic mass is 16.6. The fraction of sp³-hybridized carbons (Fsp3) is 0.111. The van der Waals surface area contributed by atoms with Crippen molar-refractivity contribution in [3.63, 3.8) is 0 Å². The molecule has 2 aromatic carbocycles. The highest BCUT2D eigenvalue weighted by Crippen LogP contribution is 2.34. The Bertz CT molecular complexity index is 777. The summed E-state index contributed by atoms with van der Waals surface area (Å²) in [5.41, 5.74) is 1.07. The third-order valence-corrected chi connectivity index (χ3v) is 3.23. The zero-order valence-corrected chi connectivity index (χ0v) is 12.4. The minimum absolute atomic E-state index is 0.0264. The number of hydrogen-bond donors (Lipinski definition) is 0. The summed E-state index contributed by atoms with van der Waals surface area (Å²) in [5.74, 6) is 0.00115. The van der Waals surface area contributed by atoms with Gasteiger partial charge < -0.3 is 14.2 Å². The van der Waals surface area contributed by atoms with Gasteiger partial charge in [0.25, 0.3) is 0 Å². The molecule has 0 saturated heterocycles. The molecule has 1 heterocycles. The predicted octanol–water partition coefficient (Wildman–Crippen LogP) is 3.09. The molecule has 2 aromatic rings. The average molecular weight is 310 g/mol. The third kappa shape index (κ3) is 3.08. The van der Waals surface area contributed by atoms with Crippen molar-refractivity contribution in [1.82, 2.24) is 0 Å². The molecule has 0 aliphatic carbocycles. The summed E-state index contributed by atoms with van der Waals surface area (Å²) >= 11 is 0. The molecule has 0 radical (unpaired) electrons. The minimum Gasteiger partial charge on any atom is -0.460 e. The maximum atomic E-state index is 12.4. The Morgan fingerprint density at radius 1 is 1.00 bits per heavy atom. The van der Waals surface area contributed by atoms with Crippen LogP contribution < -0.4 is 9.47 Å². The molecule has 5 nitrogen and oxygen atoms in total. The first kappa shape index (κ1) is 14.8. The SMILES string of the molecule is CCOC(=O)C1=COc2cc(C(=O)c3ccccc3)ccc2O1. The number of benzene rings is 2. The standard InChI is InChI=1S/C18H14O5/c1-2-21-18(20)16-11-22-15-10-13(8-9-14(15)23-16)17(19)12-6-4-3-5-7-12/h3-11H,2H2,1H3. The third-order valence-electron chi connectivity index (χ3n) is 3.23. The summed E-state index contributed by atoms with van der Waals surface area (Å²) in [4.78, 5) is 24.0. The van der Waals surface area contributed by atoms with Crippen LogP contribution in [0.3, 0.4) is 0 Å². The number of fused-ring (bicyclic) bond motifs is 1. The maximum absolute atomic E-state index is 12.4. The molecule has 0 aromatic heterocycles. The Balaban J connectivity index is 1.82. The second kappa shape index (κ2) is 6.36. The molecular weight excluding hydrogens is 296 g/mol. The van der Waals surface area contributed by atoms with Gasteiger partial charge in [-0.2, -0.15) is 0 Å². The first-order valence-corrected chi connectivity index (χ1v) is 7.14. The normalized spacial score (nSPS) is 12.3. The van der Waals surface area contributed by atoms with Gasteiger partial charge in [-0.05, 0) is 25.1 Å². The summed E-state index contributed by atoms with van der Waals surface area (Å²) in [6.45, 7) is 1.95. The molecule has 0 unspecified atom stereocenters. The fourth-order valence-electron chi connectivity index (χ4n) is 2.13. The highest BCUT2D eigenvalue weighted by molar-refractivity contribution is 6.09. The number of carbonyl (C=O) groups excluding carboxylic acids is 2. The predicted molar refractivity (Wildman–Crippen MR) is 82.3 cm³/mol. The molecule has 1 aliphatic rings. The Morgan fingerprint density at radius 2 is 1.78 bits per heavy atom. The lowest BCUT2D eigenvalue weighted by Gasteiger charge is -2.17. The Hall–Kier alpha value is -3.08. The van der Waals surface area contributed by atoms with E-state index in [4.69, 9.17) is 14.2 Å². The van der Waals surface area contributed by atoms with Crippen molar-refractivity contribution in [3.05, 3.63) is 71.7 Å². The lowest BCUT2D eigenvalue weighted by Crippen LogP contribution is -2.17. The Labute approximate surface area is 133 Å². The number of esters is 1. The van der Waals surface area contributed by atoms with Gasteiger partial charge in [0.05, 0.1) is 6.61 Å². The van der Waals surface area contributed by atoms with Gasteiger partial charge in [-0.1, -0.05) is 30.3 Å². The van der Waals surface area contributed by atoms with Crippen LogP contribution in [0.2, 0.25) is 0 Å². The zero-order chi connectivity index (χ0) is 16.2. The van der Waals surface area contributed by atoms with Crippen LogP contribution in [0, 0.1) is 0 Å². The molecular formula is C18H14O5. The van der Waals surface area contributed by atoms with Crippen LogP contribution in [-0.2, 0) is 9.53 Å². The van der Waals surface area contributed by atoms with E-state index in [0.717, 1.165) is 0 Å². The van der Waals surface area contributed by atoms with Crippen LogP contribution >= 0.6 is 0 Å². The van der Waals surface area contributed by atoms with E-state index < -0.39 is 5.97 Å². The molecule has 0 atom stereocenters. The van der Waals surface area contributed by atoms with Gasteiger partial charge in [0.15, 0.2) is 17.3 Å². The van der Waals surface area contributed by atoms with Crippen molar-refractivity contribution in [2.24, 2.45) is 0 Å². The Morgan fingerprint density at radius 3 is 2.52 bits per heavy atom. The lowest BCUT2D eigenvalue weighted by molar-refractivity contribution is -0.141. The number of carbonyl (C=O) groups is 2. The number of ether oxygens (including phenoxy) is 3. The van der Waals surface area contributed by atoms with Gasteiger partial charge in [-0.15, -0.1) is 0 Å². The molecule has 23 heavy (non-hydrogen) atoms. The summed E-state index contributed by atoms with van der Waals surface area (Å²) in [6.07, 6.45) is 1.18. The van der Waals surface area contributed by atoms with E-state index in [2.05, 4.69) is 0 Å². The zero-order valence-electron chi connectivity index (χ0n) is 12.4. The molecule has 1 aliphatic heterocycles. The second-order valence-electron chi connectivity index (χ2n) is 4.78. The fourth-order valence-corrected chi connectivity index (χ4v) is 2.13. The van der Waals surface area contributed by atoms with Crippen LogP contribution in [-0.4, -0.2) is 18.4 Å². The van der Waals surface area contributed by atoms with E-state index in [-0.39, 0.29) is 18.1 Å². The topological polar surface area (TPSA) is 61.8 Å². The molecule has 0 bridgehead atoms. The van der Waals surface area contributed by atoms with Crippen molar-refractivity contribution in [3.8, 4) is 11.5 Å². The second-order valence-corrected chi connectivity index (χ2v) is 4.78. The summed E-state index contributed by atoms with van der Waals surface area (Å²) in [5, 5.41) is 0. The van der Waals surface area contributed by atoms with Gasteiger partial charge in [0.1, 0.15) is 6.26 Å². The molecule has 0 spiro atoms. The van der Waals surface area contributed by atoms with Crippen LogP contribution in [0.1, 0.15) is 22.8 Å². The van der Waals surface area contributed by atoms with E-state index in [1.54, 1.807) is 49.4 Å². The molecule has 5 heteroatoms. The van der Waals surface area contributed by atoms with Crippen molar-refractivity contribution in [2.75, 3.05) is 6.61 Å². The maximum Gasteiger partial charge on any atom is 0.377 e. The van der Waals surface area contributed by atoms with E-state index in [0.29, 0.717) is 22.6 Å². The summed E-state index contributed by atoms with van der Waals surface area (Å²) in [6, 6.07) is 13.8. The van der Waals surface area contributed by atoms with Crippen LogP contribution in [0.4, 0.5) is 0 Å². The van der Waals surface area contributed by atoms with Gasteiger partial charge in [0, 0.05) is 11.1 Å². The number of hydrogen-bond acceptors (Lipinski definition) is 5. The Kier molecular flexibility index (Phi) is 4.10.